The Kier molecular flexibility index (Phi) is 3.61. The van der Waals surface area contributed by atoms with Gasteiger partial charge in [0.25, 0.3) is 0 Å². The van der Waals surface area contributed by atoms with Crippen LogP contribution in [0.5, 0.6) is 0 Å². The molecule has 1 aliphatic carbocycles. The van der Waals surface area contributed by atoms with E-state index in [1.165, 1.54) is 12.1 Å². The molecule has 16 heavy (non-hydrogen) atoms. The highest BCUT2D eigenvalue weighted by atomic mass is 16.3. The molecule has 0 amide bonds. The Labute approximate surface area is 96.7 Å². The van der Waals surface area contributed by atoms with E-state index >= 15 is 0 Å². The van der Waals surface area contributed by atoms with Gasteiger partial charge in [0.15, 0.2) is 0 Å². The molecule has 90 valence electrons. The van der Waals surface area contributed by atoms with E-state index in [9.17, 15) is 5.11 Å². The molecule has 1 saturated carbocycles. The summed E-state index contributed by atoms with van der Waals surface area (Å²) in [6.07, 6.45) is 5.82. The minimum atomic E-state index is -0.120. The number of nitrogens with one attached hydrogen (secondary N) is 1. The molecule has 1 aromatic heterocycles. The minimum Gasteiger partial charge on any atom is -0.393 e. The van der Waals surface area contributed by atoms with Crippen molar-refractivity contribution in [3.63, 3.8) is 0 Å². The first-order valence-electron chi connectivity index (χ1n) is 6.09. The van der Waals surface area contributed by atoms with Crippen molar-refractivity contribution in [3.8, 4) is 0 Å². The quantitative estimate of drug-likeness (QED) is 0.814. The standard InChI is InChI=1S/C12H21N3O/c1-9(12-6-7-13-15(12)2)14-10-4-3-5-11(16)8-10/h6-7,9-11,14,16H,3-5,8H2,1-2H3. The molecule has 1 heterocycles. The molecular weight excluding hydrogens is 202 g/mol. The minimum absolute atomic E-state index is 0.120. The lowest BCUT2D eigenvalue weighted by Crippen LogP contribution is -2.37. The van der Waals surface area contributed by atoms with Gasteiger partial charge in [-0.15, -0.1) is 0 Å². The largest absolute Gasteiger partial charge is 0.393 e. The maximum Gasteiger partial charge on any atom is 0.0555 e. The SMILES string of the molecule is CC(NC1CCCC(O)C1)c1ccnn1C. The molecule has 1 fully saturated rings. The van der Waals surface area contributed by atoms with Crippen LogP contribution < -0.4 is 5.32 Å². The van der Waals surface area contributed by atoms with Gasteiger partial charge in [0, 0.05) is 25.3 Å². The summed E-state index contributed by atoms with van der Waals surface area (Å²) in [7, 11) is 1.96. The highest BCUT2D eigenvalue weighted by molar-refractivity contribution is 5.05. The molecule has 0 saturated heterocycles. The fourth-order valence-electron chi connectivity index (χ4n) is 2.56. The maximum absolute atomic E-state index is 9.62. The van der Waals surface area contributed by atoms with E-state index in [1.54, 1.807) is 0 Å². The van der Waals surface area contributed by atoms with Crippen LogP contribution in [-0.2, 0) is 7.05 Å². The van der Waals surface area contributed by atoms with Crippen LogP contribution in [-0.4, -0.2) is 27.0 Å². The smallest absolute Gasteiger partial charge is 0.0555 e. The molecule has 0 aliphatic heterocycles. The Bertz CT molecular complexity index is 337. The van der Waals surface area contributed by atoms with Gasteiger partial charge in [-0.1, -0.05) is 0 Å². The van der Waals surface area contributed by atoms with Gasteiger partial charge < -0.3 is 10.4 Å². The first-order chi connectivity index (χ1) is 7.66. The number of aliphatic hydroxyl groups is 1. The van der Waals surface area contributed by atoms with Gasteiger partial charge in [-0.05, 0) is 38.7 Å². The molecule has 0 bridgehead atoms. The predicted octanol–water partition coefficient (Wildman–Crippen LogP) is 1.37. The third-order valence-corrected chi connectivity index (χ3v) is 3.43. The molecule has 0 spiro atoms. The zero-order chi connectivity index (χ0) is 11.5. The Morgan fingerprint density at radius 1 is 1.56 bits per heavy atom. The highest BCUT2D eigenvalue weighted by Gasteiger charge is 2.22. The molecule has 3 atom stereocenters. The van der Waals surface area contributed by atoms with Gasteiger partial charge in [0.2, 0.25) is 0 Å². The van der Waals surface area contributed by atoms with Crippen molar-refractivity contribution >= 4 is 0 Å². The van der Waals surface area contributed by atoms with Crippen LogP contribution in [0.1, 0.15) is 44.3 Å². The number of aliphatic hydroxyl groups excluding tert-OH is 1. The van der Waals surface area contributed by atoms with Crippen molar-refractivity contribution in [1.29, 1.82) is 0 Å². The molecule has 0 radical (unpaired) electrons. The van der Waals surface area contributed by atoms with Crippen molar-refractivity contribution in [2.75, 3.05) is 0 Å². The van der Waals surface area contributed by atoms with Crippen molar-refractivity contribution < 1.29 is 5.11 Å². The van der Waals surface area contributed by atoms with Gasteiger partial charge in [-0.2, -0.15) is 5.10 Å². The van der Waals surface area contributed by atoms with Gasteiger partial charge in [0.05, 0.1) is 11.8 Å². The van der Waals surface area contributed by atoms with E-state index in [1.807, 2.05) is 24.0 Å². The predicted molar refractivity (Wildman–Crippen MR) is 63.0 cm³/mol. The van der Waals surface area contributed by atoms with Crippen LogP contribution in [0.2, 0.25) is 0 Å². The summed E-state index contributed by atoms with van der Waals surface area (Å²) in [5.74, 6) is 0. The first-order valence-corrected chi connectivity index (χ1v) is 6.09. The number of nitrogens with zero attached hydrogens (tertiary/aromatic N) is 2. The monoisotopic (exact) mass is 223 g/mol. The van der Waals surface area contributed by atoms with Gasteiger partial charge in [-0.3, -0.25) is 4.68 Å². The Balaban J connectivity index is 1.92. The molecule has 1 aliphatic rings. The molecule has 4 heteroatoms. The number of hydrogen-bond donors (Lipinski definition) is 2. The molecule has 4 nitrogen and oxygen atoms in total. The topological polar surface area (TPSA) is 50.1 Å². The zero-order valence-electron chi connectivity index (χ0n) is 10.1. The maximum atomic E-state index is 9.62. The zero-order valence-corrected chi connectivity index (χ0v) is 10.1. The van der Waals surface area contributed by atoms with Gasteiger partial charge >= 0.3 is 0 Å². The second-order valence-corrected chi connectivity index (χ2v) is 4.79. The van der Waals surface area contributed by atoms with E-state index in [-0.39, 0.29) is 6.10 Å². The lowest BCUT2D eigenvalue weighted by atomic mass is 9.92. The lowest BCUT2D eigenvalue weighted by Gasteiger charge is -2.29. The summed E-state index contributed by atoms with van der Waals surface area (Å²) in [4.78, 5) is 0. The van der Waals surface area contributed by atoms with Gasteiger partial charge in [-0.25, -0.2) is 0 Å². The molecule has 2 N–H and O–H groups in total. The number of hydrogen-bond acceptors (Lipinski definition) is 3. The van der Waals surface area contributed by atoms with E-state index in [2.05, 4.69) is 17.3 Å². The number of aromatic nitrogens is 2. The second kappa shape index (κ2) is 4.97. The molecule has 0 aromatic carbocycles. The summed E-state index contributed by atoms with van der Waals surface area (Å²) in [5, 5.41) is 17.4. The molecule has 2 rings (SSSR count). The van der Waals surface area contributed by atoms with Crippen molar-refractivity contribution in [2.24, 2.45) is 7.05 Å². The van der Waals surface area contributed by atoms with Crippen LogP contribution in [0.4, 0.5) is 0 Å². The summed E-state index contributed by atoms with van der Waals surface area (Å²) in [6, 6.07) is 2.77. The van der Waals surface area contributed by atoms with E-state index in [4.69, 9.17) is 0 Å². The normalized spacial score (nSPS) is 27.9. The van der Waals surface area contributed by atoms with E-state index in [0.717, 1.165) is 19.3 Å². The fraction of sp³-hybridized carbons (Fsp3) is 0.750. The van der Waals surface area contributed by atoms with E-state index in [0.29, 0.717) is 12.1 Å². The molecule has 3 unspecified atom stereocenters. The third kappa shape index (κ3) is 2.62. The Hall–Kier alpha value is -0.870. The molecule has 1 aromatic rings. The second-order valence-electron chi connectivity index (χ2n) is 4.79. The summed E-state index contributed by atoms with van der Waals surface area (Å²) < 4.78 is 1.90. The van der Waals surface area contributed by atoms with Crippen molar-refractivity contribution in [1.82, 2.24) is 15.1 Å². The summed E-state index contributed by atoms with van der Waals surface area (Å²) in [6.45, 7) is 2.15. The lowest BCUT2D eigenvalue weighted by molar-refractivity contribution is 0.109. The van der Waals surface area contributed by atoms with E-state index < -0.39 is 0 Å². The Morgan fingerprint density at radius 2 is 2.38 bits per heavy atom. The average Bonchev–Trinajstić information content (AvgIpc) is 2.64. The van der Waals surface area contributed by atoms with Crippen LogP contribution in [0.15, 0.2) is 12.3 Å². The Morgan fingerprint density at radius 3 is 3.00 bits per heavy atom. The van der Waals surface area contributed by atoms with Crippen molar-refractivity contribution in [3.05, 3.63) is 18.0 Å². The first kappa shape index (κ1) is 11.6. The van der Waals surface area contributed by atoms with Crippen LogP contribution >= 0.6 is 0 Å². The highest BCUT2D eigenvalue weighted by Crippen LogP contribution is 2.21. The van der Waals surface area contributed by atoms with Crippen LogP contribution in [0.25, 0.3) is 0 Å². The number of rotatable bonds is 3. The molecular formula is C12H21N3O. The van der Waals surface area contributed by atoms with Crippen LogP contribution in [0, 0.1) is 0 Å². The van der Waals surface area contributed by atoms with Gasteiger partial charge in [0.1, 0.15) is 0 Å². The fourth-order valence-corrected chi connectivity index (χ4v) is 2.56. The summed E-state index contributed by atoms with van der Waals surface area (Å²) in [5.41, 5.74) is 1.19. The summed E-state index contributed by atoms with van der Waals surface area (Å²) >= 11 is 0. The van der Waals surface area contributed by atoms with Crippen LogP contribution in [0.3, 0.4) is 0 Å². The number of aryl methyl sites for hydroxylation is 1. The van der Waals surface area contributed by atoms with Crippen molar-refractivity contribution in [2.45, 2.75) is 50.8 Å². The third-order valence-electron chi connectivity index (χ3n) is 3.43. The average molecular weight is 223 g/mol.